The molecule has 2 atom stereocenters. The Kier molecular flexibility index (Phi) is 4.58. The van der Waals surface area contributed by atoms with E-state index in [2.05, 4.69) is 76.3 Å². The molecule has 0 N–H and O–H groups in total. The number of ether oxygens (including phenoxy) is 1. The highest BCUT2D eigenvalue weighted by Gasteiger charge is 2.43. The van der Waals surface area contributed by atoms with E-state index in [9.17, 15) is 0 Å². The van der Waals surface area contributed by atoms with Crippen LogP contribution in [0.3, 0.4) is 0 Å². The Bertz CT molecular complexity index is 688. The normalized spacial score (nSPS) is 21.0. The summed E-state index contributed by atoms with van der Waals surface area (Å²) in [7, 11) is -1.87. The molecule has 1 aliphatic heterocycles. The van der Waals surface area contributed by atoms with E-state index < -0.39 is 8.32 Å². The van der Waals surface area contributed by atoms with Gasteiger partial charge in [0.05, 0.1) is 6.10 Å². The van der Waals surface area contributed by atoms with Gasteiger partial charge in [-0.2, -0.15) is 0 Å². The Morgan fingerprint density at radius 2 is 1.58 bits per heavy atom. The molecule has 3 rings (SSSR count). The van der Waals surface area contributed by atoms with Gasteiger partial charge in [0.1, 0.15) is 11.9 Å². The molecule has 0 fully saturated rings. The van der Waals surface area contributed by atoms with Crippen molar-refractivity contribution in [3.8, 4) is 5.75 Å². The highest BCUT2D eigenvalue weighted by atomic mass is 28.4. The fourth-order valence-corrected chi connectivity index (χ4v) is 4.23. The van der Waals surface area contributed by atoms with Crippen molar-refractivity contribution < 1.29 is 9.16 Å². The Hall–Kier alpha value is -1.58. The topological polar surface area (TPSA) is 18.5 Å². The van der Waals surface area contributed by atoms with Crippen molar-refractivity contribution in [1.82, 2.24) is 0 Å². The minimum atomic E-state index is -1.87. The quantitative estimate of drug-likeness (QED) is 0.662. The lowest BCUT2D eigenvalue weighted by Crippen LogP contribution is -2.47. The van der Waals surface area contributed by atoms with Crippen molar-refractivity contribution >= 4 is 8.32 Å². The van der Waals surface area contributed by atoms with E-state index in [1.165, 1.54) is 11.1 Å². The smallest absolute Gasteiger partial charge is 0.192 e. The van der Waals surface area contributed by atoms with Gasteiger partial charge in [0, 0.05) is 6.42 Å². The summed E-state index contributed by atoms with van der Waals surface area (Å²) in [6.45, 7) is 11.5. The molecule has 0 bridgehead atoms. The second kappa shape index (κ2) is 6.38. The van der Waals surface area contributed by atoms with Gasteiger partial charge in [0.2, 0.25) is 0 Å². The predicted molar refractivity (Wildman–Crippen MR) is 102 cm³/mol. The minimum Gasteiger partial charge on any atom is -0.483 e. The van der Waals surface area contributed by atoms with E-state index in [4.69, 9.17) is 9.16 Å². The molecule has 24 heavy (non-hydrogen) atoms. The van der Waals surface area contributed by atoms with Gasteiger partial charge in [-0.25, -0.2) is 0 Å². The molecule has 0 saturated heterocycles. The zero-order chi connectivity index (χ0) is 17.4. The number of para-hydroxylation sites is 1. The number of hydrogen-bond donors (Lipinski definition) is 0. The molecule has 2 aromatic rings. The fourth-order valence-electron chi connectivity index (χ4n) is 2.91. The van der Waals surface area contributed by atoms with Crippen LogP contribution in [0.1, 0.15) is 38.0 Å². The van der Waals surface area contributed by atoms with Gasteiger partial charge < -0.3 is 9.16 Å². The summed E-state index contributed by atoms with van der Waals surface area (Å²) >= 11 is 0. The van der Waals surface area contributed by atoms with Gasteiger partial charge in [-0.3, -0.25) is 0 Å². The molecule has 1 aliphatic rings. The molecular formula is C21H28O2Si. The van der Waals surface area contributed by atoms with Crippen LogP contribution < -0.4 is 4.74 Å². The molecule has 0 saturated carbocycles. The van der Waals surface area contributed by atoms with Gasteiger partial charge in [0.25, 0.3) is 0 Å². The van der Waals surface area contributed by atoms with Crippen LogP contribution in [0.25, 0.3) is 0 Å². The molecule has 128 valence electrons. The molecule has 1 heterocycles. The summed E-state index contributed by atoms with van der Waals surface area (Å²) < 4.78 is 13.2. The zero-order valence-corrected chi connectivity index (χ0v) is 16.4. The van der Waals surface area contributed by atoms with Crippen molar-refractivity contribution in [3.05, 3.63) is 65.7 Å². The summed E-state index contributed by atoms with van der Waals surface area (Å²) in [5.41, 5.74) is 2.43. The highest BCUT2D eigenvalue weighted by molar-refractivity contribution is 6.74. The second-order valence-electron chi connectivity index (χ2n) is 8.18. The maximum Gasteiger partial charge on any atom is 0.192 e. The summed E-state index contributed by atoms with van der Waals surface area (Å²) in [4.78, 5) is 0. The van der Waals surface area contributed by atoms with E-state index in [1.54, 1.807) is 0 Å². The SMILES string of the molecule is CC(C)(C)[Si](C)(C)O[C@@H]1Cc2ccccc2O[C@@H]1c1ccccc1. The van der Waals surface area contributed by atoms with E-state index in [1.807, 2.05) is 12.1 Å². The molecular weight excluding hydrogens is 312 g/mol. The lowest BCUT2D eigenvalue weighted by atomic mass is 9.95. The first-order valence-electron chi connectivity index (χ1n) is 8.75. The average Bonchev–Trinajstić information content (AvgIpc) is 2.53. The van der Waals surface area contributed by atoms with E-state index in [0.717, 1.165) is 12.2 Å². The van der Waals surface area contributed by atoms with Gasteiger partial charge in [-0.15, -0.1) is 0 Å². The molecule has 0 aromatic heterocycles. The van der Waals surface area contributed by atoms with Crippen LogP contribution in [0.2, 0.25) is 18.1 Å². The van der Waals surface area contributed by atoms with Crippen LogP contribution in [0.15, 0.2) is 54.6 Å². The maximum atomic E-state index is 6.78. The predicted octanol–water partition coefficient (Wildman–Crippen LogP) is 5.75. The van der Waals surface area contributed by atoms with Crippen molar-refractivity contribution in [2.24, 2.45) is 0 Å². The van der Waals surface area contributed by atoms with E-state index >= 15 is 0 Å². The van der Waals surface area contributed by atoms with Crippen LogP contribution in [0.4, 0.5) is 0 Å². The second-order valence-corrected chi connectivity index (χ2v) is 12.9. The number of hydrogen-bond acceptors (Lipinski definition) is 2. The lowest BCUT2D eigenvalue weighted by Gasteiger charge is -2.43. The minimum absolute atomic E-state index is 0.0461. The first-order chi connectivity index (χ1) is 11.3. The summed E-state index contributed by atoms with van der Waals surface area (Å²) in [5, 5.41) is 0.186. The molecule has 0 radical (unpaired) electrons. The van der Waals surface area contributed by atoms with Crippen LogP contribution >= 0.6 is 0 Å². The van der Waals surface area contributed by atoms with Crippen LogP contribution in [-0.4, -0.2) is 14.4 Å². The summed E-state index contributed by atoms with van der Waals surface area (Å²) in [6, 6.07) is 18.8. The van der Waals surface area contributed by atoms with Gasteiger partial charge >= 0.3 is 0 Å². The first kappa shape index (κ1) is 17.2. The van der Waals surface area contributed by atoms with Crippen molar-refractivity contribution in [1.29, 1.82) is 0 Å². The van der Waals surface area contributed by atoms with Gasteiger partial charge in [-0.1, -0.05) is 69.3 Å². The number of rotatable bonds is 3. The molecule has 0 unspecified atom stereocenters. The lowest BCUT2D eigenvalue weighted by molar-refractivity contribution is 0.0287. The van der Waals surface area contributed by atoms with Crippen LogP contribution in [-0.2, 0) is 10.8 Å². The molecule has 2 nitrogen and oxygen atoms in total. The zero-order valence-electron chi connectivity index (χ0n) is 15.4. The molecule has 2 aromatic carbocycles. The standard InChI is InChI=1S/C21H28O2Si/c1-21(2,3)24(4,5)23-19-15-17-13-9-10-14-18(17)22-20(19)16-11-7-6-8-12-16/h6-14,19-20H,15H2,1-5H3/t19-,20-/m1/s1. The third kappa shape index (κ3) is 3.42. The van der Waals surface area contributed by atoms with Crippen LogP contribution in [0.5, 0.6) is 5.75 Å². The average molecular weight is 341 g/mol. The third-order valence-corrected chi connectivity index (χ3v) is 9.87. The monoisotopic (exact) mass is 340 g/mol. The molecule has 0 amide bonds. The van der Waals surface area contributed by atoms with E-state index in [0.29, 0.717) is 0 Å². The Balaban J connectivity index is 1.95. The van der Waals surface area contributed by atoms with E-state index in [-0.39, 0.29) is 17.2 Å². The Labute approximate surface area is 146 Å². The largest absolute Gasteiger partial charge is 0.483 e. The van der Waals surface area contributed by atoms with Crippen molar-refractivity contribution in [3.63, 3.8) is 0 Å². The van der Waals surface area contributed by atoms with Gasteiger partial charge in [-0.05, 0) is 35.3 Å². The van der Waals surface area contributed by atoms with Crippen LogP contribution in [0, 0.1) is 0 Å². The highest BCUT2D eigenvalue weighted by Crippen LogP contribution is 2.42. The van der Waals surface area contributed by atoms with Gasteiger partial charge in [0.15, 0.2) is 8.32 Å². The number of benzene rings is 2. The summed E-state index contributed by atoms with van der Waals surface area (Å²) in [5.74, 6) is 0.987. The molecule has 0 spiro atoms. The molecule has 3 heteroatoms. The molecule has 0 aliphatic carbocycles. The van der Waals surface area contributed by atoms with Crippen molar-refractivity contribution in [2.75, 3.05) is 0 Å². The third-order valence-electron chi connectivity index (χ3n) is 5.37. The summed E-state index contributed by atoms with van der Waals surface area (Å²) in [6.07, 6.45) is 0.917. The van der Waals surface area contributed by atoms with Crippen molar-refractivity contribution in [2.45, 2.75) is 57.5 Å². The Morgan fingerprint density at radius 3 is 2.25 bits per heavy atom. The number of fused-ring (bicyclic) bond motifs is 1. The first-order valence-corrected chi connectivity index (χ1v) is 11.7. The fraction of sp³-hybridized carbons (Fsp3) is 0.429. The maximum absolute atomic E-state index is 6.78. The Morgan fingerprint density at radius 1 is 0.958 bits per heavy atom.